The Morgan fingerprint density at radius 1 is 1.55 bits per heavy atom. The Kier molecular flexibility index (Phi) is 3.12. The summed E-state index contributed by atoms with van der Waals surface area (Å²) in [7, 11) is 0. The molecule has 1 aromatic heterocycles. The highest BCUT2D eigenvalue weighted by atomic mass is 79.9. The predicted octanol–water partition coefficient (Wildman–Crippen LogP) is 3.01. The van der Waals surface area contributed by atoms with Gasteiger partial charge in [0.1, 0.15) is 0 Å². The Labute approximate surface area is 75.7 Å². The van der Waals surface area contributed by atoms with Crippen molar-refractivity contribution in [2.45, 2.75) is 32.7 Å². The van der Waals surface area contributed by atoms with E-state index in [0.29, 0.717) is 6.04 Å². The summed E-state index contributed by atoms with van der Waals surface area (Å²) in [4.78, 5) is 0. The average molecular weight is 217 g/mol. The SMILES string of the molecule is CCC(CC)n1cc(Br)cn1. The van der Waals surface area contributed by atoms with Crippen LogP contribution in [0.5, 0.6) is 0 Å². The van der Waals surface area contributed by atoms with Crippen molar-refractivity contribution in [3.63, 3.8) is 0 Å². The van der Waals surface area contributed by atoms with Gasteiger partial charge in [0.15, 0.2) is 0 Å². The summed E-state index contributed by atoms with van der Waals surface area (Å²) in [5.74, 6) is 0. The molecule has 0 amide bonds. The van der Waals surface area contributed by atoms with Crippen LogP contribution in [0.2, 0.25) is 0 Å². The van der Waals surface area contributed by atoms with E-state index in [4.69, 9.17) is 0 Å². The Morgan fingerprint density at radius 3 is 2.55 bits per heavy atom. The number of halogens is 1. The van der Waals surface area contributed by atoms with E-state index < -0.39 is 0 Å². The van der Waals surface area contributed by atoms with Crippen LogP contribution in [0.4, 0.5) is 0 Å². The van der Waals surface area contributed by atoms with E-state index in [1.54, 1.807) is 0 Å². The van der Waals surface area contributed by atoms with Gasteiger partial charge in [0, 0.05) is 6.20 Å². The molecule has 0 saturated heterocycles. The highest BCUT2D eigenvalue weighted by molar-refractivity contribution is 9.10. The van der Waals surface area contributed by atoms with Gasteiger partial charge in [0.25, 0.3) is 0 Å². The molecule has 0 N–H and O–H groups in total. The molecule has 1 rings (SSSR count). The van der Waals surface area contributed by atoms with Gasteiger partial charge < -0.3 is 0 Å². The number of hydrogen-bond donors (Lipinski definition) is 0. The molecule has 0 radical (unpaired) electrons. The summed E-state index contributed by atoms with van der Waals surface area (Å²) in [6.07, 6.45) is 6.14. The predicted molar refractivity (Wildman–Crippen MR) is 49.5 cm³/mol. The van der Waals surface area contributed by atoms with Crippen LogP contribution < -0.4 is 0 Å². The summed E-state index contributed by atoms with van der Waals surface area (Å²) >= 11 is 3.38. The van der Waals surface area contributed by atoms with E-state index in [-0.39, 0.29) is 0 Å². The maximum atomic E-state index is 4.23. The Morgan fingerprint density at radius 2 is 2.18 bits per heavy atom. The largest absolute Gasteiger partial charge is 0.269 e. The first-order valence-corrected chi connectivity index (χ1v) is 4.76. The van der Waals surface area contributed by atoms with Gasteiger partial charge >= 0.3 is 0 Å². The lowest BCUT2D eigenvalue weighted by Crippen LogP contribution is -2.06. The van der Waals surface area contributed by atoms with E-state index in [0.717, 1.165) is 17.3 Å². The topological polar surface area (TPSA) is 17.8 Å². The van der Waals surface area contributed by atoms with Crippen LogP contribution in [0.1, 0.15) is 32.7 Å². The normalized spacial score (nSPS) is 10.9. The molecule has 11 heavy (non-hydrogen) atoms. The van der Waals surface area contributed by atoms with Crippen molar-refractivity contribution in [1.82, 2.24) is 9.78 Å². The van der Waals surface area contributed by atoms with Gasteiger partial charge in [-0.3, -0.25) is 4.68 Å². The molecule has 0 aliphatic carbocycles. The van der Waals surface area contributed by atoms with E-state index in [1.165, 1.54) is 0 Å². The highest BCUT2D eigenvalue weighted by Crippen LogP contribution is 2.16. The van der Waals surface area contributed by atoms with Crippen LogP contribution in [0.3, 0.4) is 0 Å². The maximum absolute atomic E-state index is 4.23. The summed E-state index contributed by atoms with van der Waals surface area (Å²) in [5.41, 5.74) is 0. The van der Waals surface area contributed by atoms with E-state index in [2.05, 4.69) is 34.9 Å². The zero-order valence-corrected chi connectivity index (χ0v) is 8.50. The van der Waals surface area contributed by atoms with Crippen LogP contribution in [-0.4, -0.2) is 9.78 Å². The summed E-state index contributed by atoms with van der Waals surface area (Å²) < 4.78 is 3.08. The van der Waals surface area contributed by atoms with Crippen LogP contribution in [0, 0.1) is 0 Å². The summed E-state index contributed by atoms with van der Waals surface area (Å²) in [5, 5.41) is 4.23. The van der Waals surface area contributed by atoms with Crippen molar-refractivity contribution in [2.24, 2.45) is 0 Å². The lowest BCUT2D eigenvalue weighted by molar-refractivity contribution is 0.428. The molecule has 1 heterocycles. The lowest BCUT2D eigenvalue weighted by Gasteiger charge is -2.11. The third-order valence-electron chi connectivity index (χ3n) is 1.89. The number of aromatic nitrogens is 2. The molecule has 0 bridgehead atoms. The van der Waals surface area contributed by atoms with E-state index >= 15 is 0 Å². The van der Waals surface area contributed by atoms with Crippen molar-refractivity contribution in [3.05, 3.63) is 16.9 Å². The molecule has 0 saturated carbocycles. The molecular formula is C8H13BrN2. The molecule has 0 unspecified atom stereocenters. The molecule has 0 aliphatic rings. The Bertz CT molecular complexity index is 216. The second-order valence-corrected chi connectivity index (χ2v) is 3.52. The number of nitrogens with zero attached hydrogens (tertiary/aromatic N) is 2. The molecule has 0 fully saturated rings. The smallest absolute Gasteiger partial charge is 0.0632 e. The zero-order chi connectivity index (χ0) is 8.27. The van der Waals surface area contributed by atoms with E-state index in [1.807, 2.05) is 17.1 Å². The maximum Gasteiger partial charge on any atom is 0.0632 e. The molecule has 2 nitrogen and oxygen atoms in total. The van der Waals surface area contributed by atoms with Crippen molar-refractivity contribution < 1.29 is 0 Å². The van der Waals surface area contributed by atoms with Gasteiger partial charge in [-0.2, -0.15) is 5.10 Å². The average Bonchev–Trinajstić information content (AvgIpc) is 2.39. The van der Waals surface area contributed by atoms with E-state index in [9.17, 15) is 0 Å². The molecular weight excluding hydrogens is 204 g/mol. The van der Waals surface area contributed by atoms with Crippen LogP contribution >= 0.6 is 15.9 Å². The van der Waals surface area contributed by atoms with Gasteiger partial charge in [-0.15, -0.1) is 0 Å². The molecule has 3 heteroatoms. The van der Waals surface area contributed by atoms with Crippen molar-refractivity contribution in [3.8, 4) is 0 Å². The Hall–Kier alpha value is -0.310. The summed E-state index contributed by atoms with van der Waals surface area (Å²) in [6.45, 7) is 4.37. The van der Waals surface area contributed by atoms with Gasteiger partial charge in [0.05, 0.1) is 16.7 Å². The van der Waals surface area contributed by atoms with Crippen LogP contribution in [0.15, 0.2) is 16.9 Å². The van der Waals surface area contributed by atoms with Crippen LogP contribution in [-0.2, 0) is 0 Å². The second-order valence-electron chi connectivity index (χ2n) is 2.61. The fraction of sp³-hybridized carbons (Fsp3) is 0.625. The first-order valence-electron chi connectivity index (χ1n) is 3.97. The number of hydrogen-bond acceptors (Lipinski definition) is 1. The fourth-order valence-corrected chi connectivity index (χ4v) is 1.48. The monoisotopic (exact) mass is 216 g/mol. The van der Waals surface area contributed by atoms with Gasteiger partial charge in [0.2, 0.25) is 0 Å². The molecule has 0 spiro atoms. The molecule has 62 valence electrons. The first-order chi connectivity index (χ1) is 5.27. The quantitative estimate of drug-likeness (QED) is 0.760. The molecule has 0 aromatic carbocycles. The van der Waals surface area contributed by atoms with Crippen LogP contribution in [0.25, 0.3) is 0 Å². The molecule has 0 atom stereocenters. The third-order valence-corrected chi connectivity index (χ3v) is 2.30. The third kappa shape index (κ3) is 2.06. The van der Waals surface area contributed by atoms with Crippen molar-refractivity contribution >= 4 is 15.9 Å². The van der Waals surface area contributed by atoms with Gasteiger partial charge in [-0.05, 0) is 28.8 Å². The fourth-order valence-electron chi connectivity index (χ4n) is 1.18. The molecule has 0 aliphatic heterocycles. The Balaban J connectivity index is 2.73. The van der Waals surface area contributed by atoms with Gasteiger partial charge in [-0.25, -0.2) is 0 Å². The summed E-state index contributed by atoms with van der Waals surface area (Å²) in [6, 6.07) is 0.557. The highest BCUT2D eigenvalue weighted by Gasteiger charge is 2.05. The standard InChI is InChI=1S/C8H13BrN2/c1-3-8(4-2)11-6-7(9)5-10-11/h5-6,8H,3-4H2,1-2H3. The first kappa shape index (κ1) is 8.78. The zero-order valence-electron chi connectivity index (χ0n) is 6.92. The van der Waals surface area contributed by atoms with Gasteiger partial charge in [-0.1, -0.05) is 13.8 Å². The number of rotatable bonds is 3. The minimum absolute atomic E-state index is 0.557. The van der Waals surface area contributed by atoms with Crippen molar-refractivity contribution in [2.75, 3.05) is 0 Å². The lowest BCUT2D eigenvalue weighted by atomic mass is 10.2. The minimum atomic E-state index is 0.557. The second kappa shape index (κ2) is 3.90. The van der Waals surface area contributed by atoms with Crippen molar-refractivity contribution in [1.29, 1.82) is 0 Å². The minimum Gasteiger partial charge on any atom is -0.269 e. The molecule has 1 aromatic rings.